The van der Waals surface area contributed by atoms with Crippen molar-refractivity contribution in [3.05, 3.63) is 48.1 Å². The fourth-order valence-corrected chi connectivity index (χ4v) is 1.34. The molecule has 5 nitrogen and oxygen atoms in total. The average molecular weight is 261 g/mol. The molecular weight excluding hydrogens is 246 g/mol. The van der Waals surface area contributed by atoms with Crippen LogP contribution in [0, 0.1) is 0 Å². The van der Waals surface area contributed by atoms with Gasteiger partial charge in [0.2, 0.25) is 11.6 Å². The number of ketones is 2. The molecular formula is C14H15NO4. The summed E-state index contributed by atoms with van der Waals surface area (Å²) in [6, 6.07) is 4.71. The van der Waals surface area contributed by atoms with Crippen LogP contribution in [0.2, 0.25) is 0 Å². The molecule has 0 saturated carbocycles. The highest BCUT2D eigenvalue weighted by molar-refractivity contribution is 6.46. The molecule has 1 aliphatic rings. The van der Waals surface area contributed by atoms with Gasteiger partial charge in [-0.05, 0) is 42.8 Å². The Balaban J connectivity index is 0.000000200. The lowest BCUT2D eigenvalue weighted by molar-refractivity contribution is -0.131. The van der Waals surface area contributed by atoms with Crippen LogP contribution in [-0.4, -0.2) is 28.3 Å². The Morgan fingerprint density at radius 1 is 0.947 bits per heavy atom. The van der Waals surface area contributed by atoms with E-state index in [1.54, 1.807) is 18.2 Å². The fraction of sp³-hybridized carbons (Fsp3) is 0.143. The number of rotatable bonds is 2. The predicted molar refractivity (Wildman–Crippen MR) is 70.8 cm³/mol. The molecule has 0 aromatic heterocycles. The molecule has 1 aromatic carbocycles. The Morgan fingerprint density at radius 2 is 1.53 bits per heavy atom. The number of phenolic OH excluding ortho intramolecular Hbond substituents is 2. The van der Waals surface area contributed by atoms with Gasteiger partial charge in [0.05, 0.1) is 0 Å². The maximum absolute atomic E-state index is 10.3. The van der Waals surface area contributed by atoms with Crippen molar-refractivity contribution in [3.63, 3.8) is 0 Å². The normalized spacial score (nSPS) is 13.1. The first-order valence-electron chi connectivity index (χ1n) is 5.68. The Hall–Kier alpha value is -2.40. The summed E-state index contributed by atoms with van der Waals surface area (Å²) < 4.78 is 0. The van der Waals surface area contributed by atoms with Crippen molar-refractivity contribution >= 4 is 11.6 Å². The summed E-state index contributed by atoms with van der Waals surface area (Å²) in [6.45, 7) is 0.546. The number of hydrogen-bond donors (Lipinski definition) is 3. The smallest absolute Gasteiger partial charge is 0.225 e. The van der Waals surface area contributed by atoms with E-state index in [0.29, 0.717) is 13.0 Å². The first-order valence-corrected chi connectivity index (χ1v) is 5.68. The molecule has 19 heavy (non-hydrogen) atoms. The number of carbonyl (C=O) groups excluding carboxylic acids is 2. The van der Waals surface area contributed by atoms with Gasteiger partial charge >= 0.3 is 0 Å². The quantitative estimate of drug-likeness (QED) is 0.416. The summed E-state index contributed by atoms with van der Waals surface area (Å²) >= 11 is 0. The van der Waals surface area contributed by atoms with Crippen molar-refractivity contribution in [3.8, 4) is 11.5 Å². The molecule has 0 radical (unpaired) electrons. The molecule has 1 aliphatic carbocycles. The summed E-state index contributed by atoms with van der Waals surface area (Å²) in [6.07, 6.45) is 6.31. The Labute approximate surface area is 110 Å². The van der Waals surface area contributed by atoms with Gasteiger partial charge in [0.1, 0.15) is 0 Å². The second-order valence-corrected chi connectivity index (χ2v) is 3.81. The first-order chi connectivity index (χ1) is 9.04. The third kappa shape index (κ3) is 4.77. The number of carbonyl (C=O) groups is 2. The van der Waals surface area contributed by atoms with Crippen LogP contribution < -0.4 is 5.73 Å². The van der Waals surface area contributed by atoms with Gasteiger partial charge in [-0.1, -0.05) is 18.2 Å². The summed E-state index contributed by atoms with van der Waals surface area (Å²) in [5.41, 5.74) is 6.24. The van der Waals surface area contributed by atoms with E-state index in [1.165, 1.54) is 24.3 Å². The van der Waals surface area contributed by atoms with Crippen LogP contribution in [-0.2, 0) is 16.0 Å². The van der Waals surface area contributed by atoms with Crippen molar-refractivity contribution < 1.29 is 19.8 Å². The first kappa shape index (κ1) is 14.7. The van der Waals surface area contributed by atoms with E-state index in [-0.39, 0.29) is 11.5 Å². The fourth-order valence-electron chi connectivity index (χ4n) is 1.34. The van der Waals surface area contributed by atoms with E-state index in [0.717, 1.165) is 5.56 Å². The van der Waals surface area contributed by atoms with E-state index < -0.39 is 11.6 Å². The van der Waals surface area contributed by atoms with Crippen LogP contribution >= 0.6 is 0 Å². The minimum atomic E-state index is -0.437. The molecule has 0 bridgehead atoms. The predicted octanol–water partition coefficient (Wildman–Crippen LogP) is 0.850. The van der Waals surface area contributed by atoms with Gasteiger partial charge in [-0.2, -0.15) is 0 Å². The SMILES string of the molecule is NCCc1ccc(O)c(O)c1.O=C1C=CC=CC1=O. The van der Waals surface area contributed by atoms with Crippen molar-refractivity contribution in [2.24, 2.45) is 5.73 Å². The number of allylic oxidation sites excluding steroid dienone is 4. The van der Waals surface area contributed by atoms with Gasteiger partial charge in [-0.3, -0.25) is 9.59 Å². The Morgan fingerprint density at radius 3 is 1.95 bits per heavy atom. The molecule has 0 saturated heterocycles. The highest BCUT2D eigenvalue weighted by Crippen LogP contribution is 2.24. The second kappa shape index (κ2) is 7.13. The van der Waals surface area contributed by atoms with Crippen LogP contribution in [0.15, 0.2) is 42.5 Å². The molecule has 100 valence electrons. The molecule has 0 spiro atoms. The maximum Gasteiger partial charge on any atom is 0.225 e. The van der Waals surface area contributed by atoms with Gasteiger partial charge in [0.15, 0.2) is 11.5 Å². The van der Waals surface area contributed by atoms with Crippen LogP contribution in [0.25, 0.3) is 0 Å². The number of aromatic hydroxyl groups is 2. The summed E-state index contributed by atoms with van der Waals surface area (Å²) in [4.78, 5) is 20.6. The molecule has 0 amide bonds. The minimum absolute atomic E-state index is 0.0871. The molecule has 0 heterocycles. The number of benzene rings is 1. The zero-order valence-corrected chi connectivity index (χ0v) is 10.2. The molecule has 5 heteroatoms. The van der Waals surface area contributed by atoms with E-state index >= 15 is 0 Å². The molecule has 4 N–H and O–H groups in total. The summed E-state index contributed by atoms with van der Waals surface area (Å²) in [7, 11) is 0. The molecule has 0 aliphatic heterocycles. The van der Waals surface area contributed by atoms with Gasteiger partial charge in [0.25, 0.3) is 0 Å². The van der Waals surface area contributed by atoms with Crippen molar-refractivity contribution in [2.45, 2.75) is 6.42 Å². The highest BCUT2D eigenvalue weighted by atomic mass is 16.3. The van der Waals surface area contributed by atoms with Crippen LogP contribution in [0.3, 0.4) is 0 Å². The van der Waals surface area contributed by atoms with E-state index in [4.69, 9.17) is 15.9 Å². The Bertz CT molecular complexity index is 510. The van der Waals surface area contributed by atoms with E-state index in [9.17, 15) is 9.59 Å². The largest absolute Gasteiger partial charge is 0.504 e. The highest BCUT2D eigenvalue weighted by Gasteiger charge is 2.06. The third-order valence-electron chi connectivity index (χ3n) is 2.32. The number of hydrogen-bond acceptors (Lipinski definition) is 5. The van der Waals surface area contributed by atoms with Crippen molar-refractivity contribution in [2.75, 3.05) is 6.54 Å². The summed E-state index contributed by atoms with van der Waals surface area (Å²) in [5, 5.41) is 18.0. The molecule has 0 atom stereocenters. The van der Waals surface area contributed by atoms with Gasteiger partial charge < -0.3 is 15.9 Å². The number of phenols is 2. The minimum Gasteiger partial charge on any atom is -0.504 e. The molecule has 0 unspecified atom stereocenters. The summed E-state index contributed by atoms with van der Waals surface area (Å²) in [5.74, 6) is -1.05. The molecule has 2 rings (SSSR count). The average Bonchev–Trinajstić information content (AvgIpc) is 2.39. The van der Waals surface area contributed by atoms with Gasteiger partial charge in [0, 0.05) is 0 Å². The zero-order chi connectivity index (χ0) is 14.3. The maximum atomic E-state index is 10.3. The second-order valence-electron chi connectivity index (χ2n) is 3.81. The van der Waals surface area contributed by atoms with Crippen LogP contribution in [0.4, 0.5) is 0 Å². The van der Waals surface area contributed by atoms with Crippen LogP contribution in [0.5, 0.6) is 11.5 Å². The van der Waals surface area contributed by atoms with E-state index in [2.05, 4.69) is 0 Å². The Kier molecular flexibility index (Phi) is 5.50. The molecule has 0 fully saturated rings. The lowest BCUT2D eigenvalue weighted by Crippen LogP contribution is -2.08. The van der Waals surface area contributed by atoms with Crippen LogP contribution in [0.1, 0.15) is 5.56 Å². The monoisotopic (exact) mass is 261 g/mol. The molecule has 1 aromatic rings. The van der Waals surface area contributed by atoms with Crippen molar-refractivity contribution in [1.29, 1.82) is 0 Å². The standard InChI is InChI=1S/C8H11NO2.C6H4O2/c9-4-3-6-1-2-7(10)8(11)5-6;7-5-3-1-2-4-6(5)8/h1-2,5,10-11H,3-4,9H2;1-4H. The van der Waals surface area contributed by atoms with Crippen molar-refractivity contribution in [1.82, 2.24) is 0 Å². The topological polar surface area (TPSA) is 101 Å². The lowest BCUT2D eigenvalue weighted by Gasteiger charge is -2.00. The lowest BCUT2D eigenvalue weighted by atomic mass is 10.1. The van der Waals surface area contributed by atoms with E-state index in [1.807, 2.05) is 0 Å². The number of nitrogens with two attached hydrogens (primary N) is 1. The van der Waals surface area contributed by atoms with Gasteiger partial charge in [-0.15, -0.1) is 0 Å². The third-order valence-corrected chi connectivity index (χ3v) is 2.32. The van der Waals surface area contributed by atoms with Gasteiger partial charge in [-0.25, -0.2) is 0 Å². The zero-order valence-electron chi connectivity index (χ0n) is 10.2.